The minimum Gasteiger partial charge on any atom is -0.378 e. The van der Waals surface area contributed by atoms with Gasteiger partial charge in [0.15, 0.2) is 0 Å². The van der Waals surface area contributed by atoms with Crippen LogP contribution in [0, 0.1) is 0 Å². The number of ether oxygens (including phenoxy) is 1. The number of rotatable bonds is 4. The Hall–Kier alpha value is -0.900. The SMILES string of the molecule is CCOC1CC(N2CC(C)(c3ccccc3)NCC2C)C1. The third kappa shape index (κ3) is 3.01. The second kappa shape index (κ2) is 6.07. The van der Waals surface area contributed by atoms with Gasteiger partial charge in [-0.15, -0.1) is 0 Å². The van der Waals surface area contributed by atoms with Gasteiger partial charge in [-0.3, -0.25) is 4.90 Å². The minimum atomic E-state index is 0.0600. The summed E-state index contributed by atoms with van der Waals surface area (Å²) in [5.74, 6) is 0. The zero-order valence-corrected chi connectivity index (χ0v) is 13.5. The fourth-order valence-electron chi connectivity index (χ4n) is 3.74. The molecule has 0 radical (unpaired) electrons. The molecule has 0 amide bonds. The number of nitrogens with zero attached hydrogens (tertiary/aromatic N) is 1. The van der Waals surface area contributed by atoms with Gasteiger partial charge < -0.3 is 10.1 Å². The van der Waals surface area contributed by atoms with Gasteiger partial charge in [0.2, 0.25) is 0 Å². The van der Waals surface area contributed by atoms with Crippen LogP contribution in [-0.4, -0.2) is 42.8 Å². The first-order valence-corrected chi connectivity index (χ1v) is 8.30. The Labute approximate surface area is 128 Å². The van der Waals surface area contributed by atoms with E-state index in [-0.39, 0.29) is 5.54 Å². The lowest BCUT2D eigenvalue weighted by Gasteiger charge is -2.52. The molecule has 1 aliphatic carbocycles. The highest BCUT2D eigenvalue weighted by molar-refractivity contribution is 5.25. The number of hydrogen-bond donors (Lipinski definition) is 1. The molecule has 1 aromatic rings. The van der Waals surface area contributed by atoms with Crippen molar-refractivity contribution in [3.05, 3.63) is 35.9 Å². The van der Waals surface area contributed by atoms with Crippen LogP contribution in [0.4, 0.5) is 0 Å². The van der Waals surface area contributed by atoms with Crippen molar-refractivity contribution in [3.63, 3.8) is 0 Å². The molecule has 1 heterocycles. The van der Waals surface area contributed by atoms with Crippen LogP contribution in [0.5, 0.6) is 0 Å². The van der Waals surface area contributed by atoms with Crippen molar-refractivity contribution < 1.29 is 4.74 Å². The van der Waals surface area contributed by atoms with Crippen molar-refractivity contribution in [2.24, 2.45) is 0 Å². The van der Waals surface area contributed by atoms with E-state index < -0.39 is 0 Å². The molecule has 1 aromatic carbocycles. The Morgan fingerprint density at radius 3 is 2.67 bits per heavy atom. The Morgan fingerprint density at radius 2 is 2.00 bits per heavy atom. The first kappa shape index (κ1) is 15.0. The molecule has 1 aliphatic heterocycles. The zero-order chi connectivity index (χ0) is 14.9. The molecule has 2 atom stereocenters. The summed E-state index contributed by atoms with van der Waals surface area (Å²) in [7, 11) is 0. The normalized spacial score (nSPS) is 37.2. The van der Waals surface area contributed by atoms with Crippen LogP contribution in [0.2, 0.25) is 0 Å². The average molecular weight is 288 g/mol. The summed E-state index contributed by atoms with van der Waals surface area (Å²) in [5.41, 5.74) is 1.45. The lowest BCUT2D eigenvalue weighted by atomic mass is 9.82. The van der Waals surface area contributed by atoms with Crippen molar-refractivity contribution in [1.29, 1.82) is 0 Å². The van der Waals surface area contributed by atoms with Crippen LogP contribution in [0.15, 0.2) is 30.3 Å². The molecule has 2 aliphatic rings. The molecular weight excluding hydrogens is 260 g/mol. The quantitative estimate of drug-likeness (QED) is 0.922. The topological polar surface area (TPSA) is 24.5 Å². The van der Waals surface area contributed by atoms with Crippen LogP contribution in [0.25, 0.3) is 0 Å². The van der Waals surface area contributed by atoms with E-state index in [1.54, 1.807) is 0 Å². The van der Waals surface area contributed by atoms with Crippen LogP contribution in [0.3, 0.4) is 0 Å². The summed E-state index contributed by atoms with van der Waals surface area (Å²) in [6.07, 6.45) is 2.89. The molecule has 1 saturated carbocycles. The highest BCUT2D eigenvalue weighted by atomic mass is 16.5. The summed E-state index contributed by atoms with van der Waals surface area (Å²) in [6.45, 7) is 9.75. The molecule has 116 valence electrons. The smallest absolute Gasteiger partial charge is 0.0604 e. The van der Waals surface area contributed by atoms with Gasteiger partial charge >= 0.3 is 0 Å². The monoisotopic (exact) mass is 288 g/mol. The van der Waals surface area contributed by atoms with Gasteiger partial charge in [-0.25, -0.2) is 0 Å². The van der Waals surface area contributed by atoms with Crippen molar-refractivity contribution in [1.82, 2.24) is 10.2 Å². The lowest BCUT2D eigenvalue weighted by Crippen LogP contribution is -2.65. The van der Waals surface area contributed by atoms with E-state index in [0.29, 0.717) is 18.2 Å². The Balaban J connectivity index is 1.68. The maximum Gasteiger partial charge on any atom is 0.0604 e. The minimum absolute atomic E-state index is 0.0600. The standard InChI is InChI=1S/C18H28N2O/c1-4-21-17-10-16(11-17)20-13-18(3,19-12-14(20)2)15-8-6-5-7-9-15/h5-9,14,16-17,19H,4,10-13H2,1-3H3. The molecule has 3 nitrogen and oxygen atoms in total. The number of benzene rings is 1. The van der Waals surface area contributed by atoms with Gasteiger partial charge in [0.05, 0.1) is 11.6 Å². The second-order valence-corrected chi connectivity index (χ2v) is 6.80. The predicted octanol–water partition coefficient (Wildman–Crippen LogP) is 2.76. The van der Waals surface area contributed by atoms with Gasteiger partial charge in [-0.05, 0) is 39.2 Å². The summed E-state index contributed by atoms with van der Waals surface area (Å²) in [5, 5.41) is 3.76. The first-order valence-electron chi connectivity index (χ1n) is 8.30. The predicted molar refractivity (Wildman–Crippen MR) is 86.4 cm³/mol. The van der Waals surface area contributed by atoms with Crippen molar-refractivity contribution in [3.8, 4) is 0 Å². The van der Waals surface area contributed by atoms with E-state index >= 15 is 0 Å². The lowest BCUT2D eigenvalue weighted by molar-refractivity contribution is -0.0718. The summed E-state index contributed by atoms with van der Waals surface area (Å²) >= 11 is 0. The maximum atomic E-state index is 5.73. The molecule has 2 unspecified atom stereocenters. The highest BCUT2D eigenvalue weighted by Gasteiger charge is 2.42. The molecule has 0 spiro atoms. The van der Waals surface area contributed by atoms with Crippen LogP contribution in [0.1, 0.15) is 39.2 Å². The molecule has 1 saturated heterocycles. The summed E-state index contributed by atoms with van der Waals surface area (Å²) in [6, 6.07) is 12.2. The maximum absolute atomic E-state index is 5.73. The Morgan fingerprint density at radius 1 is 1.29 bits per heavy atom. The van der Waals surface area contributed by atoms with E-state index in [9.17, 15) is 0 Å². The van der Waals surface area contributed by atoms with Crippen LogP contribution < -0.4 is 5.32 Å². The zero-order valence-electron chi connectivity index (χ0n) is 13.5. The molecule has 0 bridgehead atoms. The Kier molecular flexibility index (Phi) is 4.34. The summed E-state index contributed by atoms with van der Waals surface area (Å²) < 4.78 is 5.73. The third-order valence-corrected chi connectivity index (χ3v) is 5.20. The van der Waals surface area contributed by atoms with Crippen LogP contribution >= 0.6 is 0 Å². The van der Waals surface area contributed by atoms with Crippen LogP contribution in [-0.2, 0) is 10.3 Å². The molecule has 0 aromatic heterocycles. The Bertz CT molecular complexity index is 458. The first-order chi connectivity index (χ1) is 10.1. The van der Waals surface area contributed by atoms with E-state index in [1.165, 1.54) is 18.4 Å². The molecule has 21 heavy (non-hydrogen) atoms. The number of piperazine rings is 1. The van der Waals surface area contributed by atoms with Gasteiger partial charge in [0, 0.05) is 31.8 Å². The molecular formula is C18H28N2O. The second-order valence-electron chi connectivity index (χ2n) is 6.80. The molecule has 3 heteroatoms. The van der Waals surface area contributed by atoms with Gasteiger partial charge in [0.25, 0.3) is 0 Å². The van der Waals surface area contributed by atoms with Crippen molar-refractivity contribution in [2.45, 2.75) is 57.3 Å². The van der Waals surface area contributed by atoms with Gasteiger partial charge in [-0.2, -0.15) is 0 Å². The van der Waals surface area contributed by atoms with E-state index in [1.807, 2.05) is 0 Å². The molecule has 1 N–H and O–H groups in total. The third-order valence-electron chi connectivity index (χ3n) is 5.20. The van der Waals surface area contributed by atoms with E-state index in [4.69, 9.17) is 4.74 Å². The highest BCUT2D eigenvalue weighted by Crippen LogP contribution is 2.34. The summed E-state index contributed by atoms with van der Waals surface area (Å²) in [4.78, 5) is 2.69. The van der Waals surface area contributed by atoms with Crippen molar-refractivity contribution >= 4 is 0 Å². The number of hydrogen-bond acceptors (Lipinski definition) is 3. The number of nitrogens with one attached hydrogen (secondary N) is 1. The van der Waals surface area contributed by atoms with E-state index in [2.05, 4.69) is 61.3 Å². The largest absolute Gasteiger partial charge is 0.378 e. The molecule has 2 fully saturated rings. The van der Waals surface area contributed by atoms with Gasteiger partial charge in [0.1, 0.15) is 0 Å². The van der Waals surface area contributed by atoms with E-state index in [0.717, 1.165) is 19.7 Å². The fourth-order valence-corrected chi connectivity index (χ4v) is 3.74. The van der Waals surface area contributed by atoms with Crippen molar-refractivity contribution in [2.75, 3.05) is 19.7 Å². The molecule has 3 rings (SSSR count). The average Bonchev–Trinajstić information content (AvgIpc) is 2.47. The fraction of sp³-hybridized carbons (Fsp3) is 0.667. The van der Waals surface area contributed by atoms with Gasteiger partial charge in [-0.1, -0.05) is 30.3 Å².